The molecule has 0 heterocycles. The highest BCUT2D eigenvalue weighted by molar-refractivity contribution is 9.10. The number of carbonyl (C=O) groups is 2. The summed E-state index contributed by atoms with van der Waals surface area (Å²) < 4.78 is 64.8. The molecule has 0 radical (unpaired) electrons. The van der Waals surface area contributed by atoms with Gasteiger partial charge >= 0.3 is 11.9 Å². The molecule has 1 aromatic carbocycles. The fourth-order valence-corrected chi connectivity index (χ4v) is 3.48. The second-order valence-corrected chi connectivity index (χ2v) is 11.1. The van der Waals surface area contributed by atoms with E-state index in [0.29, 0.717) is 25.4 Å². The van der Waals surface area contributed by atoms with Gasteiger partial charge in [-0.05, 0) is 44.6 Å². The van der Waals surface area contributed by atoms with Crippen molar-refractivity contribution >= 4 is 33.6 Å². The number of nitrogens with zero attached hydrogens (tertiary/aromatic N) is 3. The lowest BCUT2D eigenvalue weighted by Gasteiger charge is -2.14. The number of hydrogen-bond donors (Lipinski definition) is 0. The van der Waals surface area contributed by atoms with Gasteiger partial charge in [0, 0.05) is 4.91 Å². The average Bonchev–Trinajstić information content (AvgIpc) is 2.81. The topological polar surface area (TPSA) is 101 Å². The summed E-state index contributed by atoms with van der Waals surface area (Å²) in [6.07, 6.45) is 8.01. The summed E-state index contributed by atoms with van der Waals surface area (Å²) in [5.41, 5.74) is 5.26. The van der Waals surface area contributed by atoms with Gasteiger partial charge in [0.05, 0.1) is 13.2 Å². The van der Waals surface area contributed by atoms with Gasteiger partial charge in [0.1, 0.15) is 15.6 Å². The third kappa shape index (κ3) is 10.3. The van der Waals surface area contributed by atoms with Gasteiger partial charge in [-0.15, -0.1) is 0 Å². The number of ether oxygens (including phenoxy) is 2. The van der Waals surface area contributed by atoms with Crippen molar-refractivity contribution in [1.29, 1.82) is 0 Å². The molecular formula is C24H32BrF4N3O4. The maximum atomic E-state index is 14.0. The zero-order chi connectivity index (χ0) is 27.3. The third-order valence-corrected chi connectivity index (χ3v) is 5.80. The summed E-state index contributed by atoms with van der Waals surface area (Å²) in [5, 5.41) is 2.57. The molecule has 12 heteroatoms. The average molecular weight is 582 g/mol. The van der Waals surface area contributed by atoms with Crippen LogP contribution in [-0.2, 0) is 14.3 Å². The van der Waals surface area contributed by atoms with Crippen LogP contribution in [0.5, 0.6) is 0 Å². The summed E-state index contributed by atoms with van der Waals surface area (Å²) in [7, 11) is 0. The Morgan fingerprint density at radius 3 is 1.92 bits per heavy atom. The Kier molecular flexibility index (Phi) is 13.8. The minimum Gasteiger partial charge on any atom is -0.465 e. The molecule has 0 aromatic heterocycles. The summed E-state index contributed by atoms with van der Waals surface area (Å²) in [6.45, 7) is 5.84. The quantitative estimate of drug-likeness (QED) is 0.0287. The van der Waals surface area contributed by atoms with E-state index in [1.807, 2.05) is 0 Å². The van der Waals surface area contributed by atoms with Crippen LogP contribution < -0.4 is 0 Å². The first kappa shape index (κ1) is 31.7. The zero-order valence-corrected chi connectivity index (χ0v) is 22.3. The molecule has 7 nitrogen and oxygen atoms in total. The molecule has 0 aliphatic carbocycles. The highest BCUT2D eigenvalue weighted by Crippen LogP contribution is 2.31. The van der Waals surface area contributed by atoms with Crippen LogP contribution in [0.15, 0.2) is 5.11 Å². The van der Waals surface area contributed by atoms with Gasteiger partial charge in [-0.3, -0.25) is 4.79 Å². The largest absolute Gasteiger partial charge is 0.465 e. The maximum absolute atomic E-state index is 14.0. The van der Waals surface area contributed by atoms with Crippen molar-refractivity contribution in [3.05, 3.63) is 39.3 Å². The van der Waals surface area contributed by atoms with Crippen LogP contribution in [0, 0.1) is 29.2 Å². The second kappa shape index (κ2) is 15.7. The fourth-order valence-electron chi connectivity index (χ4n) is 3.37. The first-order chi connectivity index (χ1) is 16.9. The number of esters is 2. The highest BCUT2D eigenvalue weighted by Gasteiger charge is 2.30. The van der Waals surface area contributed by atoms with Crippen LogP contribution in [0.25, 0.3) is 10.4 Å². The molecule has 0 N–H and O–H groups in total. The van der Waals surface area contributed by atoms with Crippen LogP contribution in [0.1, 0.15) is 88.9 Å². The lowest BCUT2D eigenvalue weighted by atomic mass is 9.97. The number of rotatable bonds is 16. The van der Waals surface area contributed by atoms with Crippen molar-refractivity contribution in [2.75, 3.05) is 13.2 Å². The molecule has 0 aliphatic heterocycles. The Labute approximate surface area is 216 Å². The Balaban J connectivity index is 2.23. The van der Waals surface area contributed by atoms with Gasteiger partial charge in [0.15, 0.2) is 23.3 Å². The number of unbranched alkanes of at least 4 members (excludes halogenated alkanes) is 5. The molecule has 0 saturated carbocycles. The molecule has 0 aliphatic rings. The summed E-state index contributed by atoms with van der Waals surface area (Å²) in [4.78, 5) is 25.7. The van der Waals surface area contributed by atoms with E-state index < -0.39 is 44.8 Å². The fraction of sp³-hybridized carbons (Fsp3) is 0.667. The van der Waals surface area contributed by atoms with Gasteiger partial charge in [-0.2, -0.15) is 0 Å². The van der Waals surface area contributed by atoms with E-state index >= 15 is 0 Å². The van der Waals surface area contributed by atoms with Crippen LogP contribution in [0.3, 0.4) is 0 Å². The van der Waals surface area contributed by atoms with Crippen molar-refractivity contribution < 1.29 is 36.6 Å². The van der Waals surface area contributed by atoms with E-state index in [1.54, 1.807) is 13.8 Å². The predicted molar refractivity (Wildman–Crippen MR) is 130 cm³/mol. The standard InChI is InChI=1S/C24H32BrF4N3O4/c1-15(11-7-5-4-6-9-14-36-23(34)24(2,3)25)12-8-10-13-35-22(33)16-17(26)19(28)21(31-32-30)20(29)18(16)27/h15H,4-14H2,1-3H3. The lowest BCUT2D eigenvalue weighted by molar-refractivity contribution is -0.145. The van der Waals surface area contributed by atoms with Crippen LogP contribution in [0.4, 0.5) is 23.2 Å². The van der Waals surface area contributed by atoms with E-state index in [1.165, 1.54) is 0 Å². The minimum atomic E-state index is -1.97. The number of carbonyl (C=O) groups excluding carboxylic acids is 2. The van der Waals surface area contributed by atoms with Gasteiger partial charge in [-0.25, -0.2) is 22.4 Å². The molecule has 0 fully saturated rings. The van der Waals surface area contributed by atoms with Gasteiger partial charge in [0.25, 0.3) is 0 Å². The number of azide groups is 1. The van der Waals surface area contributed by atoms with Gasteiger partial charge in [0.2, 0.25) is 0 Å². The minimum absolute atomic E-state index is 0.164. The number of alkyl halides is 1. The van der Waals surface area contributed by atoms with Crippen LogP contribution in [0.2, 0.25) is 0 Å². The Hall–Kier alpha value is -2.33. The van der Waals surface area contributed by atoms with E-state index in [-0.39, 0.29) is 12.6 Å². The second-order valence-electron chi connectivity index (χ2n) is 9.07. The van der Waals surface area contributed by atoms with Crippen molar-refractivity contribution in [3.8, 4) is 0 Å². The lowest BCUT2D eigenvalue weighted by Crippen LogP contribution is -2.26. The Morgan fingerprint density at radius 1 is 0.889 bits per heavy atom. The zero-order valence-electron chi connectivity index (χ0n) is 20.7. The molecular weight excluding hydrogens is 550 g/mol. The van der Waals surface area contributed by atoms with E-state index in [2.05, 4.69) is 32.9 Å². The first-order valence-corrected chi connectivity index (χ1v) is 12.6. The Bertz CT molecular complexity index is 921. The molecule has 0 amide bonds. The third-order valence-electron chi connectivity index (χ3n) is 5.47. The first-order valence-electron chi connectivity index (χ1n) is 11.9. The molecule has 0 saturated heterocycles. The molecule has 0 spiro atoms. The highest BCUT2D eigenvalue weighted by atomic mass is 79.9. The monoisotopic (exact) mass is 581 g/mol. The normalized spacial score (nSPS) is 12.1. The Morgan fingerprint density at radius 2 is 1.36 bits per heavy atom. The van der Waals surface area contributed by atoms with Crippen molar-refractivity contribution in [1.82, 2.24) is 0 Å². The number of hydrogen-bond acceptors (Lipinski definition) is 5. The maximum Gasteiger partial charge on any atom is 0.344 e. The summed E-state index contributed by atoms with van der Waals surface area (Å²) in [6, 6.07) is 0. The number of benzene rings is 1. The van der Waals surface area contributed by atoms with Gasteiger partial charge < -0.3 is 9.47 Å². The smallest absolute Gasteiger partial charge is 0.344 e. The summed E-state index contributed by atoms with van der Waals surface area (Å²) >= 11 is 3.26. The van der Waals surface area contributed by atoms with Crippen molar-refractivity contribution in [2.45, 2.75) is 82.9 Å². The molecule has 202 valence electrons. The summed E-state index contributed by atoms with van der Waals surface area (Å²) in [5.74, 6) is -9.24. The molecule has 36 heavy (non-hydrogen) atoms. The number of halogens is 5. The predicted octanol–water partition coefficient (Wildman–Crippen LogP) is 8.21. The molecule has 1 unspecified atom stereocenters. The van der Waals surface area contributed by atoms with Crippen molar-refractivity contribution in [2.24, 2.45) is 11.0 Å². The van der Waals surface area contributed by atoms with Crippen LogP contribution >= 0.6 is 15.9 Å². The van der Waals surface area contributed by atoms with Gasteiger partial charge in [-0.1, -0.05) is 66.5 Å². The van der Waals surface area contributed by atoms with Crippen molar-refractivity contribution in [3.63, 3.8) is 0 Å². The van der Waals surface area contributed by atoms with E-state index in [4.69, 9.17) is 15.0 Å². The molecule has 1 atom stereocenters. The molecule has 0 bridgehead atoms. The van der Waals surface area contributed by atoms with E-state index in [0.717, 1.165) is 44.9 Å². The van der Waals surface area contributed by atoms with Crippen LogP contribution in [-0.4, -0.2) is 29.5 Å². The molecule has 1 aromatic rings. The van der Waals surface area contributed by atoms with E-state index in [9.17, 15) is 27.2 Å². The SMILES string of the molecule is CC(CCCCCCCOC(=O)C(C)(C)Br)CCCCOC(=O)c1c(F)c(F)c(N=[N+]=[N-])c(F)c1F. The molecule has 1 rings (SSSR count).